The molecule has 156 valence electrons. The van der Waals surface area contributed by atoms with Crippen LogP contribution in [0.25, 0.3) is 0 Å². The predicted octanol–water partition coefficient (Wildman–Crippen LogP) is 5.67. The Morgan fingerprint density at radius 1 is 0.900 bits per heavy atom. The van der Waals surface area contributed by atoms with E-state index in [4.69, 9.17) is 11.6 Å². The maximum atomic E-state index is 12.1. The van der Waals surface area contributed by atoms with Gasteiger partial charge in [-0.2, -0.15) is 4.98 Å². The van der Waals surface area contributed by atoms with E-state index in [1.165, 1.54) is 0 Å². The first-order chi connectivity index (χ1) is 14.5. The maximum absolute atomic E-state index is 12.1. The number of hydrogen-bond donors (Lipinski definition) is 3. The van der Waals surface area contributed by atoms with Gasteiger partial charge in [-0.05, 0) is 69.3 Å². The smallest absolute Gasteiger partial charge is 0.323 e. The van der Waals surface area contributed by atoms with Crippen molar-refractivity contribution in [1.29, 1.82) is 0 Å². The topological polar surface area (TPSA) is 82.2 Å². The number of nitrogens with zero attached hydrogens (tertiary/aromatic N) is 3. The van der Waals surface area contributed by atoms with E-state index in [0.717, 1.165) is 30.3 Å². The molecule has 0 saturated heterocycles. The highest BCUT2D eigenvalue weighted by molar-refractivity contribution is 6.30. The third-order valence-corrected chi connectivity index (χ3v) is 4.68. The fraction of sp³-hybridized carbons (Fsp3) is 0.227. The molecule has 0 spiro atoms. The van der Waals surface area contributed by atoms with E-state index >= 15 is 0 Å². The summed E-state index contributed by atoms with van der Waals surface area (Å²) in [7, 11) is 0. The van der Waals surface area contributed by atoms with Crippen LogP contribution in [0.5, 0.6) is 0 Å². The van der Waals surface area contributed by atoms with Crippen LogP contribution < -0.4 is 20.9 Å². The second-order valence-electron chi connectivity index (χ2n) is 6.65. The molecule has 0 aliphatic carbocycles. The lowest BCUT2D eigenvalue weighted by atomic mass is 10.3. The van der Waals surface area contributed by atoms with Crippen LogP contribution in [0, 0.1) is 6.92 Å². The van der Waals surface area contributed by atoms with E-state index in [0.29, 0.717) is 22.3 Å². The van der Waals surface area contributed by atoms with Crippen molar-refractivity contribution < 1.29 is 4.79 Å². The van der Waals surface area contributed by atoms with E-state index < -0.39 is 0 Å². The van der Waals surface area contributed by atoms with Crippen molar-refractivity contribution in [2.45, 2.75) is 20.8 Å². The standard InChI is InChI=1S/C22H25ClN6O/c1-4-29(5-2)20-14-15(3)24-21(28-20)25-17-10-12-19(13-11-17)27-22(30)26-18-8-6-16(23)7-9-18/h6-14H,4-5H2,1-3H3,(H,24,25,28)(H2,26,27,30). The Morgan fingerprint density at radius 3 is 2.00 bits per heavy atom. The minimum atomic E-state index is -0.330. The predicted molar refractivity (Wildman–Crippen MR) is 124 cm³/mol. The monoisotopic (exact) mass is 424 g/mol. The Kier molecular flexibility index (Phi) is 7.08. The van der Waals surface area contributed by atoms with Crippen LogP contribution >= 0.6 is 11.6 Å². The van der Waals surface area contributed by atoms with Crippen molar-refractivity contribution >= 4 is 46.5 Å². The number of carbonyl (C=O) groups excluding carboxylic acids is 1. The van der Waals surface area contributed by atoms with Crippen LogP contribution in [-0.4, -0.2) is 29.1 Å². The number of urea groups is 1. The van der Waals surface area contributed by atoms with Crippen molar-refractivity contribution in [3.63, 3.8) is 0 Å². The van der Waals surface area contributed by atoms with Gasteiger partial charge in [0.2, 0.25) is 5.95 Å². The molecule has 3 N–H and O–H groups in total. The number of anilines is 5. The van der Waals surface area contributed by atoms with Gasteiger partial charge in [0.15, 0.2) is 0 Å². The Morgan fingerprint density at radius 2 is 1.43 bits per heavy atom. The first-order valence-electron chi connectivity index (χ1n) is 9.78. The summed E-state index contributed by atoms with van der Waals surface area (Å²) < 4.78 is 0. The first-order valence-corrected chi connectivity index (χ1v) is 10.2. The number of carbonyl (C=O) groups is 1. The van der Waals surface area contributed by atoms with Gasteiger partial charge in [0.05, 0.1) is 0 Å². The largest absolute Gasteiger partial charge is 0.357 e. The minimum Gasteiger partial charge on any atom is -0.357 e. The van der Waals surface area contributed by atoms with Gasteiger partial charge in [-0.15, -0.1) is 0 Å². The van der Waals surface area contributed by atoms with E-state index in [9.17, 15) is 4.79 Å². The molecule has 2 amide bonds. The average molecular weight is 425 g/mol. The molecule has 1 aromatic heterocycles. The van der Waals surface area contributed by atoms with Crippen LogP contribution in [0.15, 0.2) is 54.6 Å². The summed E-state index contributed by atoms with van der Waals surface area (Å²) in [5.41, 5.74) is 3.05. The number of benzene rings is 2. The fourth-order valence-electron chi connectivity index (χ4n) is 2.91. The lowest BCUT2D eigenvalue weighted by molar-refractivity contribution is 0.262. The highest BCUT2D eigenvalue weighted by atomic mass is 35.5. The van der Waals surface area contributed by atoms with E-state index in [-0.39, 0.29) is 6.03 Å². The number of aromatic nitrogens is 2. The van der Waals surface area contributed by atoms with Crippen LogP contribution in [0.3, 0.4) is 0 Å². The summed E-state index contributed by atoms with van der Waals surface area (Å²) in [5, 5.41) is 9.39. The number of rotatable bonds is 7. The second kappa shape index (κ2) is 9.93. The van der Waals surface area contributed by atoms with Crippen LogP contribution in [-0.2, 0) is 0 Å². The van der Waals surface area contributed by atoms with Crippen LogP contribution in [0.1, 0.15) is 19.5 Å². The van der Waals surface area contributed by atoms with Gasteiger partial charge in [0, 0.05) is 46.9 Å². The Balaban J connectivity index is 1.63. The van der Waals surface area contributed by atoms with Crippen molar-refractivity contribution in [3.05, 3.63) is 65.3 Å². The maximum Gasteiger partial charge on any atom is 0.323 e. The molecule has 0 aliphatic heterocycles. The summed E-state index contributed by atoms with van der Waals surface area (Å²) >= 11 is 5.85. The molecule has 0 bridgehead atoms. The molecule has 7 nitrogen and oxygen atoms in total. The number of nitrogens with one attached hydrogen (secondary N) is 3. The minimum absolute atomic E-state index is 0.330. The molecule has 8 heteroatoms. The zero-order chi connectivity index (χ0) is 21.5. The lowest BCUT2D eigenvalue weighted by Crippen LogP contribution is -2.23. The van der Waals surface area contributed by atoms with Crippen molar-refractivity contribution in [2.75, 3.05) is 33.9 Å². The molecule has 2 aromatic carbocycles. The molecule has 0 aliphatic rings. The Labute approximate surface area is 181 Å². The number of hydrogen-bond acceptors (Lipinski definition) is 5. The van der Waals surface area contributed by atoms with E-state index in [1.54, 1.807) is 24.3 Å². The molecule has 0 saturated carbocycles. The molecule has 3 rings (SSSR count). The normalized spacial score (nSPS) is 10.4. The lowest BCUT2D eigenvalue weighted by Gasteiger charge is -2.20. The van der Waals surface area contributed by atoms with Crippen LogP contribution in [0.2, 0.25) is 5.02 Å². The quantitative estimate of drug-likeness (QED) is 0.455. The molecule has 1 heterocycles. The van der Waals surface area contributed by atoms with Gasteiger partial charge in [-0.1, -0.05) is 11.6 Å². The molecular weight excluding hydrogens is 400 g/mol. The third-order valence-electron chi connectivity index (χ3n) is 4.43. The second-order valence-corrected chi connectivity index (χ2v) is 7.09. The summed E-state index contributed by atoms with van der Waals surface area (Å²) in [6, 6.07) is 15.9. The van der Waals surface area contributed by atoms with Crippen LogP contribution in [0.4, 0.5) is 33.6 Å². The van der Waals surface area contributed by atoms with E-state index in [1.807, 2.05) is 37.3 Å². The summed E-state index contributed by atoms with van der Waals surface area (Å²) in [6.45, 7) is 7.91. The molecule has 0 atom stereocenters. The zero-order valence-corrected chi connectivity index (χ0v) is 18.0. The number of amides is 2. The average Bonchev–Trinajstić information content (AvgIpc) is 2.72. The highest BCUT2D eigenvalue weighted by Gasteiger charge is 2.08. The fourth-order valence-corrected chi connectivity index (χ4v) is 3.04. The summed E-state index contributed by atoms with van der Waals surface area (Å²) in [5.74, 6) is 1.44. The highest BCUT2D eigenvalue weighted by Crippen LogP contribution is 2.20. The first kappa shape index (κ1) is 21.4. The molecular formula is C22H25ClN6O. The summed E-state index contributed by atoms with van der Waals surface area (Å²) in [6.07, 6.45) is 0. The SMILES string of the molecule is CCN(CC)c1cc(C)nc(Nc2ccc(NC(=O)Nc3ccc(Cl)cc3)cc2)n1. The van der Waals surface area contributed by atoms with Gasteiger partial charge in [-0.3, -0.25) is 0 Å². The Hall–Kier alpha value is -3.32. The van der Waals surface area contributed by atoms with Crippen molar-refractivity contribution in [2.24, 2.45) is 0 Å². The van der Waals surface area contributed by atoms with Gasteiger partial charge in [0.1, 0.15) is 5.82 Å². The molecule has 0 unspecified atom stereocenters. The van der Waals surface area contributed by atoms with Gasteiger partial charge < -0.3 is 20.9 Å². The Bertz CT molecular complexity index is 988. The van der Waals surface area contributed by atoms with Gasteiger partial charge in [-0.25, -0.2) is 9.78 Å². The molecule has 30 heavy (non-hydrogen) atoms. The zero-order valence-electron chi connectivity index (χ0n) is 17.2. The summed E-state index contributed by atoms with van der Waals surface area (Å²) in [4.78, 5) is 23.4. The van der Waals surface area contributed by atoms with E-state index in [2.05, 4.69) is 44.7 Å². The van der Waals surface area contributed by atoms with Gasteiger partial charge in [0.25, 0.3) is 0 Å². The third kappa shape index (κ3) is 5.84. The molecule has 3 aromatic rings. The number of halogens is 1. The van der Waals surface area contributed by atoms with Crippen molar-refractivity contribution in [1.82, 2.24) is 9.97 Å². The van der Waals surface area contributed by atoms with Gasteiger partial charge >= 0.3 is 6.03 Å². The number of aryl methyl sites for hydroxylation is 1. The molecule has 0 fully saturated rings. The molecule has 0 radical (unpaired) electrons. The van der Waals surface area contributed by atoms with Crippen molar-refractivity contribution in [3.8, 4) is 0 Å².